The van der Waals surface area contributed by atoms with Crippen molar-refractivity contribution in [1.82, 2.24) is 4.90 Å². The third-order valence-corrected chi connectivity index (χ3v) is 5.15. The first kappa shape index (κ1) is 15.0. The van der Waals surface area contributed by atoms with Crippen LogP contribution < -0.4 is 0 Å². The number of non-ortho nitro benzene ring substituents is 1. The Kier molecular flexibility index (Phi) is 4.41. The van der Waals surface area contributed by atoms with Crippen molar-refractivity contribution in [3.8, 4) is 0 Å². The molecule has 1 amide bonds. The van der Waals surface area contributed by atoms with E-state index in [2.05, 4.69) is 0 Å². The van der Waals surface area contributed by atoms with Crippen LogP contribution in [0.5, 0.6) is 0 Å². The summed E-state index contributed by atoms with van der Waals surface area (Å²) < 4.78 is 0. The minimum absolute atomic E-state index is 0.0687. The summed E-state index contributed by atoms with van der Waals surface area (Å²) in [6.45, 7) is 1.77. The molecule has 1 aromatic rings. The molecule has 0 unspecified atom stereocenters. The van der Waals surface area contributed by atoms with Crippen LogP contribution in [-0.2, 0) is 11.2 Å². The van der Waals surface area contributed by atoms with E-state index in [1.807, 2.05) is 4.90 Å². The molecule has 0 bridgehead atoms. The molecule has 2 aliphatic rings. The van der Waals surface area contributed by atoms with Crippen molar-refractivity contribution in [2.45, 2.75) is 38.5 Å². The second-order valence-electron chi connectivity index (χ2n) is 6.53. The number of fused-ring (bicyclic) bond motifs is 1. The third kappa shape index (κ3) is 3.29. The van der Waals surface area contributed by atoms with E-state index < -0.39 is 4.92 Å². The summed E-state index contributed by atoms with van der Waals surface area (Å²) in [7, 11) is 0. The number of hydrogen-bond acceptors (Lipinski definition) is 3. The van der Waals surface area contributed by atoms with E-state index in [1.165, 1.54) is 37.8 Å². The zero-order valence-corrected chi connectivity index (χ0v) is 12.7. The van der Waals surface area contributed by atoms with E-state index in [9.17, 15) is 14.9 Å². The summed E-state index contributed by atoms with van der Waals surface area (Å²) in [6, 6.07) is 6.30. The van der Waals surface area contributed by atoms with Gasteiger partial charge >= 0.3 is 0 Å². The fraction of sp³-hybridized carbons (Fsp3) is 0.588. The Balaban J connectivity index is 1.58. The van der Waals surface area contributed by atoms with Gasteiger partial charge in [0.25, 0.3) is 5.69 Å². The Morgan fingerprint density at radius 3 is 2.50 bits per heavy atom. The lowest BCUT2D eigenvalue weighted by atomic mass is 9.75. The highest BCUT2D eigenvalue weighted by atomic mass is 16.6. The predicted molar refractivity (Wildman–Crippen MR) is 83.4 cm³/mol. The largest absolute Gasteiger partial charge is 0.342 e. The smallest absolute Gasteiger partial charge is 0.269 e. The second kappa shape index (κ2) is 6.46. The maximum absolute atomic E-state index is 12.5. The molecule has 2 fully saturated rings. The summed E-state index contributed by atoms with van der Waals surface area (Å²) in [5.41, 5.74) is 0.917. The van der Waals surface area contributed by atoms with Gasteiger partial charge < -0.3 is 4.90 Å². The molecule has 5 heteroatoms. The van der Waals surface area contributed by atoms with Crippen LogP contribution in [0, 0.1) is 22.0 Å². The van der Waals surface area contributed by atoms with Crippen LogP contribution in [0.25, 0.3) is 0 Å². The second-order valence-corrected chi connectivity index (χ2v) is 6.53. The highest BCUT2D eigenvalue weighted by Crippen LogP contribution is 2.36. The molecule has 0 spiro atoms. The van der Waals surface area contributed by atoms with Gasteiger partial charge in [0.1, 0.15) is 0 Å². The lowest BCUT2D eigenvalue weighted by Crippen LogP contribution is -2.45. The number of likely N-dealkylation sites (tertiary alicyclic amines) is 1. The molecule has 1 saturated carbocycles. The van der Waals surface area contributed by atoms with Crippen molar-refractivity contribution in [3.63, 3.8) is 0 Å². The topological polar surface area (TPSA) is 63.4 Å². The van der Waals surface area contributed by atoms with E-state index >= 15 is 0 Å². The fourth-order valence-electron chi connectivity index (χ4n) is 3.85. The van der Waals surface area contributed by atoms with Gasteiger partial charge in [0, 0.05) is 25.2 Å². The quantitative estimate of drug-likeness (QED) is 0.636. The molecule has 0 N–H and O–H groups in total. The van der Waals surface area contributed by atoms with Gasteiger partial charge in [-0.2, -0.15) is 0 Å². The average Bonchev–Trinajstić information content (AvgIpc) is 2.55. The number of nitro groups is 1. The van der Waals surface area contributed by atoms with Crippen molar-refractivity contribution in [2.24, 2.45) is 11.8 Å². The van der Waals surface area contributed by atoms with Crippen LogP contribution in [0.2, 0.25) is 0 Å². The molecule has 1 saturated heterocycles. The van der Waals surface area contributed by atoms with Gasteiger partial charge in [-0.25, -0.2) is 0 Å². The first-order valence-electron chi connectivity index (χ1n) is 8.14. The van der Waals surface area contributed by atoms with Gasteiger partial charge in [-0.15, -0.1) is 0 Å². The molecule has 1 aliphatic carbocycles. The van der Waals surface area contributed by atoms with Crippen LogP contribution in [0.15, 0.2) is 24.3 Å². The van der Waals surface area contributed by atoms with E-state index in [4.69, 9.17) is 0 Å². The molecule has 1 heterocycles. The van der Waals surface area contributed by atoms with Crippen LogP contribution in [0.3, 0.4) is 0 Å². The maximum Gasteiger partial charge on any atom is 0.269 e. The number of carbonyl (C=O) groups excluding carboxylic acids is 1. The number of nitro benzene ring substituents is 1. The minimum Gasteiger partial charge on any atom is -0.342 e. The maximum atomic E-state index is 12.5. The number of piperidine rings is 1. The molecule has 3 rings (SSSR count). The molecule has 0 aromatic heterocycles. The predicted octanol–water partition coefficient (Wildman–Crippen LogP) is 3.18. The molecular formula is C17H22N2O3. The normalized spacial score (nSPS) is 24.6. The molecule has 1 aliphatic heterocycles. The van der Waals surface area contributed by atoms with Crippen LogP contribution in [-0.4, -0.2) is 28.8 Å². The Hall–Kier alpha value is -1.91. The van der Waals surface area contributed by atoms with Crippen LogP contribution in [0.1, 0.15) is 37.7 Å². The minimum atomic E-state index is -0.417. The van der Waals surface area contributed by atoms with Gasteiger partial charge in [0.2, 0.25) is 5.91 Å². The molecule has 2 atom stereocenters. The summed E-state index contributed by atoms with van der Waals surface area (Å²) in [4.78, 5) is 24.7. The average molecular weight is 302 g/mol. The van der Waals surface area contributed by atoms with Crippen molar-refractivity contribution in [3.05, 3.63) is 39.9 Å². The SMILES string of the molecule is O=C(Cc1ccc([N+](=O)[O-])cc1)N1CC[C@H]2CCCC[C@@H]2C1. The fourth-order valence-corrected chi connectivity index (χ4v) is 3.85. The number of hydrogen-bond donors (Lipinski definition) is 0. The molecule has 118 valence electrons. The number of benzene rings is 1. The number of rotatable bonds is 3. The number of nitrogens with zero attached hydrogens (tertiary/aromatic N) is 2. The first-order valence-corrected chi connectivity index (χ1v) is 8.14. The van der Waals surface area contributed by atoms with Gasteiger partial charge in [-0.3, -0.25) is 14.9 Å². The van der Waals surface area contributed by atoms with Crippen LogP contribution >= 0.6 is 0 Å². The highest BCUT2D eigenvalue weighted by molar-refractivity contribution is 5.79. The van der Waals surface area contributed by atoms with Crippen molar-refractivity contribution in [2.75, 3.05) is 13.1 Å². The molecule has 22 heavy (non-hydrogen) atoms. The molecule has 1 aromatic carbocycles. The van der Waals surface area contributed by atoms with E-state index in [0.29, 0.717) is 12.3 Å². The zero-order chi connectivity index (χ0) is 15.5. The van der Waals surface area contributed by atoms with Gasteiger partial charge in [0.15, 0.2) is 0 Å². The number of amides is 1. The van der Waals surface area contributed by atoms with E-state index in [0.717, 1.165) is 31.0 Å². The first-order chi connectivity index (χ1) is 10.6. The van der Waals surface area contributed by atoms with Gasteiger partial charge in [0.05, 0.1) is 11.3 Å². The summed E-state index contributed by atoms with van der Waals surface area (Å²) in [6.07, 6.45) is 6.70. The monoisotopic (exact) mass is 302 g/mol. The van der Waals surface area contributed by atoms with Gasteiger partial charge in [-0.05, 0) is 30.2 Å². The molecule has 0 radical (unpaired) electrons. The Morgan fingerprint density at radius 1 is 1.14 bits per heavy atom. The van der Waals surface area contributed by atoms with E-state index in [-0.39, 0.29) is 11.6 Å². The Bertz CT molecular complexity index is 556. The summed E-state index contributed by atoms with van der Waals surface area (Å²) >= 11 is 0. The van der Waals surface area contributed by atoms with Crippen molar-refractivity contribution < 1.29 is 9.72 Å². The Morgan fingerprint density at radius 2 is 1.82 bits per heavy atom. The summed E-state index contributed by atoms with van der Waals surface area (Å²) in [5.74, 6) is 1.65. The van der Waals surface area contributed by atoms with Gasteiger partial charge in [-0.1, -0.05) is 31.4 Å². The standard InChI is InChI=1S/C17H22N2O3/c20-17(11-13-5-7-16(8-6-13)19(21)22)18-10-9-14-3-1-2-4-15(14)12-18/h5-8,14-15H,1-4,9-12H2/t14-,15-/m1/s1. The van der Waals surface area contributed by atoms with Crippen molar-refractivity contribution in [1.29, 1.82) is 0 Å². The zero-order valence-electron chi connectivity index (χ0n) is 12.7. The Labute approximate surface area is 130 Å². The summed E-state index contributed by atoms with van der Waals surface area (Å²) in [5, 5.41) is 10.6. The molecule has 5 nitrogen and oxygen atoms in total. The highest BCUT2D eigenvalue weighted by Gasteiger charge is 2.32. The number of carbonyl (C=O) groups is 1. The lowest BCUT2D eigenvalue weighted by Gasteiger charge is -2.41. The van der Waals surface area contributed by atoms with Crippen LogP contribution in [0.4, 0.5) is 5.69 Å². The third-order valence-electron chi connectivity index (χ3n) is 5.15. The molecular weight excluding hydrogens is 280 g/mol. The van der Waals surface area contributed by atoms with Crippen molar-refractivity contribution >= 4 is 11.6 Å². The lowest BCUT2D eigenvalue weighted by molar-refractivity contribution is -0.384. The van der Waals surface area contributed by atoms with E-state index in [1.54, 1.807) is 12.1 Å².